The molecule has 0 unspecified atom stereocenters. The van der Waals surface area contributed by atoms with Gasteiger partial charge in [-0.05, 0) is 62.8 Å². The largest absolute Gasteiger partial charge is 0.497 e. The van der Waals surface area contributed by atoms with Gasteiger partial charge in [0.2, 0.25) is 0 Å². The maximum absolute atomic E-state index is 13.2. The number of amides is 1. The molecule has 0 saturated carbocycles. The van der Waals surface area contributed by atoms with Crippen LogP contribution in [0, 0.1) is 0 Å². The van der Waals surface area contributed by atoms with Crippen molar-refractivity contribution in [2.75, 3.05) is 45.5 Å². The van der Waals surface area contributed by atoms with E-state index in [9.17, 15) is 4.79 Å². The number of methoxy groups -OCH3 is 1. The van der Waals surface area contributed by atoms with Gasteiger partial charge in [-0.25, -0.2) is 4.98 Å². The highest BCUT2D eigenvalue weighted by Crippen LogP contribution is 2.32. The number of anilines is 1. The molecule has 0 aliphatic heterocycles. The first kappa shape index (κ1) is 22.5. The van der Waals surface area contributed by atoms with E-state index >= 15 is 0 Å². The van der Waals surface area contributed by atoms with Crippen molar-refractivity contribution in [2.45, 2.75) is 4.90 Å². The average molecular weight is 438 g/mol. The first-order valence-electron chi connectivity index (χ1n) is 8.57. The number of nitrogens with zero attached hydrogens (tertiary/aromatic N) is 3. The van der Waals surface area contributed by atoms with Crippen molar-refractivity contribution in [1.82, 2.24) is 9.88 Å². The Labute approximate surface area is 180 Å². The van der Waals surface area contributed by atoms with Crippen molar-refractivity contribution in [3.8, 4) is 5.75 Å². The van der Waals surface area contributed by atoms with Crippen LogP contribution in [0.1, 0.15) is 10.4 Å². The van der Waals surface area contributed by atoms with Gasteiger partial charge in [-0.1, -0.05) is 11.3 Å². The standard InChI is InChI=1S/C20H23N3O2S2.ClH/c1-22(2)11-12-23(19(24)14-5-8-16(26-4)9-6-14)20-21-17-10-7-15(25-3)13-18(17)27-20;/h5-10,13H,11-12H2,1-4H3;1H. The van der Waals surface area contributed by atoms with Gasteiger partial charge in [0.15, 0.2) is 5.13 Å². The molecule has 0 bridgehead atoms. The van der Waals surface area contributed by atoms with Gasteiger partial charge < -0.3 is 9.64 Å². The first-order valence-corrected chi connectivity index (χ1v) is 10.6. The van der Waals surface area contributed by atoms with Gasteiger partial charge in [-0.15, -0.1) is 24.2 Å². The Bertz CT molecular complexity index is 929. The Morgan fingerprint density at radius 2 is 1.86 bits per heavy atom. The maximum atomic E-state index is 13.2. The van der Waals surface area contributed by atoms with E-state index in [1.165, 1.54) is 11.3 Å². The molecule has 0 N–H and O–H groups in total. The number of ether oxygens (including phenoxy) is 1. The predicted molar refractivity (Wildman–Crippen MR) is 122 cm³/mol. The minimum absolute atomic E-state index is 0. The Balaban J connectivity index is 0.00000280. The number of hydrogen-bond acceptors (Lipinski definition) is 6. The molecule has 3 aromatic rings. The van der Waals surface area contributed by atoms with Crippen LogP contribution in [0.2, 0.25) is 0 Å². The molecule has 0 saturated heterocycles. The summed E-state index contributed by atoms with van der Waals surface area (Å²) >= 11 is 3.17. The molecule has 0 aliphatic rings. The predicted octanol–water partition coefficient (Wildman–Crippen LogP) is 4.66. The second-order valence-corrected chi connectivity index (χ2v) is 8.21. The molecule has 1 amide bonds. The number of halogens is 1. The topological polar surface area (TPSA) is 45.7 Å². The minimum atomic E-state index is -0.0319. The molecule has 1 aromatic heterocycles. The van der Waals surface area contributed by atoms with Crippen molar-refractivity contribution in [1.29, 1.82) is 0 Å². The van der Waals surface area contributed by atoms with Gasteiger partial charge in [-0.3, -0.25) is 9.69 Å². The molecule has 5 nitrogen and oxygen atoms in total. The van der Waals surface area contributed by atoms with Crippen LogP contribution in [0.4, 0.5) is 5.13 Å². The summed E-state index contributed by atoms with van der Waals surface area (Å²) in [4.78, 5) is 22.9. The normalized spacial score (nSPS) is 10.8. The molecular formula is C20H24ClN3O2S2. The van der Waals surface area contributed by atoms with Gasteiger partial charge in [0.25, 0.3) is 5.91 Å². The average Bonchev–Trinajstić information content (AvgIpc) is 3.10. The Hall–Kier alpha value is -1.80. The number of carbonyl (C=O) groups excluding carboxylic acids is 1. The number of thiazole rings is 1. The second-order valence-electron chi connectivity index (χ2n) is 6.32. The fraction of sp³-hybridized carbons (Fsp3) is 0.300. The molecule has 1 heterocycles. The van der Waals surface area contributed by atoms with Gasteiger partial charge in [0.1, 0.15) is 5.75 Å². The Morgan fingerprint density at radius 3 is 2.46 bits per heavy atom. The molecule has 0 fully saturated rings. The van der Waals surface area contributed by atoms with Crippen molar-refractivity contribution in [2.24, 2.45) is 0 Å². The number of benzene rings is 2. The summed E-state index contributed by atoms with van der Waals surface area (Å²) in [6.07, 6.45) is 2.02. The van der Waals surface area contributed by atoms with E-state index < -0.39 is 0 Å². The second kappa shape index (κ2) is 10.1. The Kier molecular flexibility index (Phi) is 8.12. The molecule has 8 heteroatoms. The molecule has 28 heavy (non-hydrogen) atoms. The van der Waals surface area contributed by atoms with Crippen LogP contribution < -0.4 is 9.64 Å². The van der Waals surface area contributed by atoms with Crippen LogP contribution in [0.3, 0.4) is 0 Å². The lowest BCUT2D eigenvalue weighted by atomic mass is 10.2. The third-order valence-corrected chi connectivity index (χ3v) is 5.95. The van der Waals surface area contributed by atoms with E-state index in [1.807, 2.05) is 62.8 Å². The SMILES string of the molecule is COc1ccc2nc(N(CCN(C)C)C(=O)c3ccc(SC)cc3)sc2c1.Cl. The van der Waals surface area contributed by atoms with Crippen LogP contribution >= 0.6 is 35.5 Å². The van der Waals surface area contributed by atoms with E-state index in [0.29, 0.717) is 17.2 Å². The summed E-state index contributed by atoms with van der Waals surface area (Å²) in [6, 6.07) is 13.5. The smallest absolute Gasteiger partial charge is 0.260 e. The quantitative estimate of drug-likeness (QED) is 0.503. The van der Waals surface area contributed by atoms with Crippen LogP contribution in [-0.4, -0.2) is 56.3 Å². The fourth-order valence-electron chi connectivity index (χ4n) is 2.61. The van der Waals surface area contributed by atoms with Gasteiger partial charge >= 0.3 is 0 Å². The number of thioether (sulfide) groups is 1. The molecular weight excluding hydrogens is 414 g/mol. The van der Waals surface area contributed by atoms with E-state index in [4.69, 9.17) is 9.72 Å². The lowest BCUT2D eigenvalue weighted by Gasteiger charge is -2.22. The molecule has 0 spiro atoms. The van der Waals surface area contributed by atoms with Crippen molar-refractivity contribution in [3.05, 3.63) is 48.0 Å². The van der Waals surface area contributed by atoms with E-state index in [0.717, 1.165) is 27.4 Å². The minimum Gasteiger partial charge on any atom is -0.497 e. The number of carbonyl (C=O) groups is 1. The van der Waals surface area contributed by atoms with Crippen LogP contribution in [0.5, 0.6) is 5.75 Å². The van der Waals surface area contributed by atoms with E-state index in [2.05, 4.69) is 4.90 Å². The summed E-state index contributed by atoms with van der Waals surface area (Å²) in [5, 5.41) is 0.707. The van der Waals surface area contributed by atoms with Crippen molar-refractivity contribution >= 4 is 56.8 Å². The molecule has 0 atom stereocenters. The van der Waals surface area contributed by atoms with Gasteiger partial charge in [0.05, 0.1) is 17.3 Å². The summed E-state index contributed by atoms with van der Waals surface area (Å²) in [5.41, 5.74) is 1.54. The highest BCUT2D eigenvalue weighted by atomic mass is 35.5. The Morgan fingerprint density at radius 1 is 1.14 bits per heavy atom. The third kappa shape index (κ3) is 5.17. The maximum Gasteiger partial charge on any atom is 0.260 e. The number of aromatic nitrogens is 1. The molecule has 2 aromatic carbocycles. The molecule has 3 rings (SSSR count). The highest BCUT2D eigenvalue weighted by Gasteiger charge is 2.21. The van der Waals surface area contributed by atoms with E-state index in [-0.39, 0.29) is 18.3 Å². The fourth-order valence-corrected chi connectivity index (χ4v) is 4.04. The highest BCUT2D eigenvalue weighted by molar-refractivity contribution is 7.98. The van der Waals surface area contributed by atoms with Crippen LogP contribution in [-0.2, 0) is 0 Å². The summed E-state index contributed by atoms with van der Waals surface area (Å²) in [7, 11) is 5.65. The zero-order valence-corrected chi connectivity index (χ0v) is 18.8. The molecule has 0 aliphatic carbocycles. The van der Waals surface area contributed by atoms with E-state index in [1.54, 1.807) is 23.8 Å². The van der Waals surface area contributed by atoms with Crippen LogP contribution in [0.25, 0.3) is 10.2 Å². The zero-order chi connectivity index (χ0) is 19.4. The summed E-state index contributed by atoms with van der Waals surface area (Å²) < 4.78 is 6.30. The van der Waals surface area contributed by atoms with Gasteiger partial charge in [-0.2, -0.15) is 0 Å². The molecule has 150 valence electrons. The number of rotatable bonds is 7. The van der Waals surface area contributed by atoms with Crippen molar-refractivity contribution < 1.29 is 9.53 Å². The van der Waals surface area contributed by atoms with Crippen LogP contribution in [0.15, 0.2) is 47.4 Å². The van der Waals surface area contributed by atoms with Crippen molar-refractivity contribution in [3.63, 3.8) is 0 Å². The molecule has 0 radical (unpaired) electrons. The monoisotopic (exact) mass is 437 g/mol. The first-order chi connectivity index (χ1) is 13.0. The number of likely N-dealkylation sites (N-methyl/N-ethyl adjacent to an activating group) is 1. The lowest BCUT2D eigenvalue weighted by molar-refractivity contribution is 0.0985. The third-order valence-electron chi connectivity index (χ3n) is 4.17. The number of fused-ring (bicyclic) bond motifs is 1. The number of hydrogen-bond donors (Lipinski definition) is 0. The summed E-state index contributed by atoms with van der Waals surface area (Å²) in [5.74, 6) is 0.757. The zero-order valence-electron chi connectivity index (χ0n) is 16.3. The summed E-state index contributed by atoms with van der Waals surface area (Å²) in [6.45, 7) is 1.33. The lowest BCUT2D eigenvalue weighted by Crippen LogP contribution is -2.36. The van der Waals surface area contributed by atoms with Gasteiger partial charge in [0, 0.05) is 23.5 Å².